The molecule has 6 nitrogen and oxygen atoms in total. The second-order valence-electron chi connectivity index (χ2n) is 12.2. The van der Waals surface area contributed by atoms with Crippen LogP contribution in [0.3, 0.4) is 0 Å². The molecule has 2 atom stereocenters. The topological polar surface area (TPSA) is 58.4 Å². The zero-order valence-electron chi connectivity index (χ0n) is 25.1. The molecule has 1 saturated carbocycles. The molecule has 0 bridgehead atoms. The van der Waals surface area contributed by atoms with Gasteiger partial charge in [0.2, 0.25) is 11.8 Å². The van der Waals surface area contributed by atoms with E-state index >= 15 is 4.39 Å². The first kappa shape index (κ1) is 34.1. The van der Waals surface area contributed by atoms with Crippen molar-refractivity contribution in [2.45, 2.75) is 69.2 Å². The largest absolute Gasteiger partial charge is 0.417 e. The van der Waals surface area contributed by atoms with E-state index < -0.39 is 81.5 Å². The fourth-order valence-electron chi connectivity index (χ4n) is 6.83. The lowest BCUT2D eigenvalue weighted by Gasteiger charge is -2.46. The molecular weight excluding hydrogens is 661 g/mol. The smallest absolute Gasteiger partial charge is 0.352 e. The average molecular weight is 691 g/mol. The molecule has 3 aliphatic rings. The molecule has 0 N–H and O–H groups in total. The number of hydrogen-bond acceptors (Lipinski definition) is 5. The van der Waals surface area contributed by atoms with Crippen molar-refractivity contribution in [1.82, 2.24) is 14.5 Å². The lowest BCUT2D eigenvalue weighted by Crippen LogP contribution is -2.58. The van der Waals surface area contributed by atoms with Crippen LogP contribution in [0.2, 0.25) is 0 Å². The Hall–Kier alpha value is -3.26. The molecule has 46 heavy (non-hydrogen) atoms. The predicted molar refractivity (Wildman–Crippen MR) is 164 cm³/mol. The van der Waals surface area contributed by atoms with Gasteiger partial charge in [0.1, 0.15) is 17.5 Å². The lowest BCUT2D eigenvalue weighted by molar-refractivity contribution is -0.156. The predicted octanol–water partition coefficient (Wildman–Crippen LogP) is 7.85. The Morgan fingerprint density at radius 1 is 1.17 bits per heavy atom. The number of thioether (sulfide) groups is 1. The van der Waals surface area contributed by atoms with Crippen molar-refractivity contribution in [3.63, 3.8) is 0 Å². The molecule has 2 aliphatic heterocycles. The van der Waals surface area contributed by atoms with E-state index in [9.17, 15) is 35.9 Å². The zero-order valence-corrected chi connectivity index (χ0v) is 26.7. The fourth-order valence-corrected chi connectivity index (χ4v) is 8.40. The molecule has 1 amide bonds. The highest BCUT2D eigenvalue weighted by Gasteiger charge is 2.57. The number of aromatic nitrogens is 2. The van der Waals surface area contributed by atoms with E-state index in [0.29, 0.717) is 6.08 Å². The molecule has 0 radical (unpaired) electrons. The van der Waals surface area contributed by atoms with E-state index in [0.717, 1.165) is 35.4 Å². The molecule has 2 aromatic rings. The molecule has 5 rings (SSSR count). The Bertz CT molecular complexity index is 1760. The molecular formula is C31H30ClF7N4O2S. The minimum atomic E-state index is -5.11. The SMILES string of the molecule is C=CC(=O)N1[C@H](C)CN(c2nc(=O)n3c4c(c(/C(=C/C(Cl)=C(\C)F)C(=C)F)c(C(F)(F)F)cc24)SCC2(C3)CC(F)(F)C2)C[C@@H]1C. The van der Waals surface area contributed by atoms with Gasteiger partial charge < -0.3 is 9.80 Å². The average Bonchev–Trinajstić information content (AvgIpc) is 3.09. The summed E-state index contributed by atoms with van der Waals surface area (Å²) in [5, 5.41) is -0.790. The summed E-state index contributed by atoms with van der Waals surface area (Å²) in [5.41, 5.74) is -4.95. The molecule has 1 saturated heterocycles. The second-order valence-corrected chi connectivity index (χ2v) is 13.6. The fraction of sp³-hybridized carbons (Fsp3) is 0.452. The van der Waals surface area contributed by atoms with Crippen LogP contribution in [0, 0.1) is 5.41 Å². The highest BCUT2D eigenvalue weighted by molar-refractivity contribution is 7.99. The van der Waals surface area contributed by atoms with Gasteiger partial charge in [-0.3, -0.25) is 9.36 Å². The molecule has 0 unspecified atom stereocenters. The maximum atomic E-state index is 15.1. The third-order valence-corrected chi connectivity index (χ3v) is 10.4. The van der Waals surface area contributed by atoms with Crippen LogP contribution < -0.4 is 10.6 Å². The Labute approximate surface area is 269 Å². The summed E-state index contributed by atoms with van der Waals surface area (Å²) in [7, 11) is 0. The molecule has 1 aromatic heterocycles. The lowest BCUT2D eigenvalue weighted by atomic mass is 9.67. The van der Waals surface area contributed by atoms with E-state index in [1.54, 1.807) is 23.6 Å². The van der Waals surface area contributed by atoms with Crippen LogP contribution in [0.25, 0.3) is 16.5 Å². The van der Waals surface area contributed by atoms with Crippen LogP contribution in [-0.4, -0.2) is 57.2 Å². The second kappa shape index (κ2) is 11.8. The number of anilines is 1. The number of allylic oxidation sites excluding steroid dienone is 5. The van der Waals surface area contributed by atoms with Crippen molar-refractivity contribution in [3.05, 3.63) is 69.7 Å². The Morgan fingerprint density at radius 2 is 1.78 bits per heavy atom. The van der Waals surface area contributed by atoms with E-state index in [4.69, 9.17) is 11.6 Å². The maximum absolute atomic E-state index is 15.1. The van der Waals surface area contributed by atoms with E-state index in [-0.39, 0.29) is 52.9 Å². The number of hydrogen-bond donors (Lipinski definition) is 0. The van der Waals surface area contributed by atoms with Gasteiger partial charge in [-0.05, 0) is 39.0 Å². The molecule has 248 valence electrons. The van der Waals surface area contributed by atoms with Gasteiger partial charge in [-0.25, -0.2) is 22.4 Å². The van der Waals surface area contributed by atoms with Gasteiger partial charge in [-0.1, -0.05) is 24.8 Å². The standard InChI is InChI=1S/C31H30ClF7N4O2S/c1-6-23(44)43-15(2)9-41(10-16(43)3)27-20-7-21(31(37,38)39)24(19(17(4)33)8-22(32)18(5)34)26-25(20)42(28(45)40-27)13-29(14-46-26)11-30(35,36)12-29/h6-8,15-16H,1,4,9-14H2,2-3,5H3/b19-8+,22-18-/t15-,16+. The summed E-state index contributed by atoms with van der Waals surface area (Å²) in [6, 6.07) is -0.169. The van der Waals surface area contributed by atoms with Gasteiger partial charge in [0.05, 0.1) is 16.1 Å². The summed E-state index contributed by atoms with van der Waals surface area (Å²) >= 11 is 6.73. The van der Waals surface area contributed by atoms with E-state index in [1.807, 2.05) is 0 Å². The van der Waals surface area contributed by atoms with Gasteiger partial charge >= 0.3 is 11.9 Å². The van der Waals surface area contributed by atoms with E-state index in [2.05, 4.69) is 18.1 Å². The number of halogens is 8. The summed E-state index contributed by atoms with van der Waals surface area (Å²) in [6.45, 7) is 11.0. The number of rotatable bonds is 5. The van der Waals surface area contributed by atoms with Crippen LogP contribution in [0.5, 0.6) is 0 Å². The summed E-state index contributed by atoms with van der Waals surface area (Å²) in [5.74, 6) is -5.94. The van der Waals surface area contributed by atoms with Gasteiger partial charge in [0.15, 0.2) is 0 Å². The third-order valence-electron chi connectivity index (χ3n) is 8.60. The number of benzene rings is 1. The minimum absolute atomic E-state index is 0.0517. The molecule has 1 spiro atoms. The number of nitrogens with zero attached hydrogens (tertiary/aromatic N) is 4. The first-order valence-electron chi connectivity index (χ1n) is 14.3. The van der Waals surface area contributed by atoms with Crippen LogP contribution in [-0.2, 0) is 17.5 Å². The van der Waals surface area contributed by atoms with Gasteiger partial charge in [-0.2, -0.15) is 18.2 Å². The zero-order chi connectivity index (χ0) is 34.1. The minimum Gasteiger partial charge on any atom is -0.352 e. The first-order valence-corrected chi connectivity index (χ1v) is 15.6. The highest BCUT2D eigenvalue weighted by atomic mass is 35.5. The van der Waals surface area contributed by atoms with Gasteiger partial charge in [0, 0.05) is 77.1 Å². The Balaban J connectivity index is 1.86. The van der Waals surface area contributed by atoms with Crippen molar-refractivity contribution in [2.24, 2.45) is 5.41 Å². The number of carbonyl (C=O) groups is 1. The van der Waals surface area contributed by atoms with Crippen LogP contribution >= 0.6 is 23.4 Å². The van der Waals surface area contributed by atoms with Crippen LogP contribution in [0.4, 0.5) is 36.6 Å². The van der Waals surface area contributed by atoms with Crippen LogP contribution in [0.15, 0.2) is 57.8 Å². The highest BCUT2D eigenvalue weighted by Crippen LogP contribution is 2.58. The Morgan fingerprint density at radius 3 is 2.28 bits per heavy atom. The molecule has 2 fully saturated rings. The Kier molecular flexibility index (Phi) is 8.72. The number of alkyl halides is 5. The van der Waals surface area contributed by atoms with E-state index in [1.165, 1.54) is 0 Å². The van der Waals surface area contributed by atoms with Gasteiger partial charge in [0.25, 0.3) is 0 Å². The maximum Gasteiger partial charge on any atom is 0.417 e. The summed E-state index contributed by atoms with van der Waals surface area (Å²) < 4.78 is 104. The quantitative estimate of drug-likeness (QED) is 0.182. The summed E-state index contributed by atoms with van der Waals surface area (Å²) in [4.78, 5) is 33.4. The van der Waals surface area contributed by atoms with Crippen LogP contribution in [0.1, 0.15) is 44.7 Å². The molecule has 3 heterocycles. The number of piperazine rings is 1. The first-order chi connectivity index (χ1) is 21.3. The number of amides is 1. The molecule has 15 heteroatoms. The third kappa shape index (κ3) is 5.98. The summed E-state index contributed by atoms with van der Waals surface area (Å²) in [6.07, 6.45) is -4.49. The van der Waals surface area contributed by atoms with Crippen molar-refractivity contribution >= 4 is 51.6 Å². The molecule has 1 aliphatic carbocycles. The number of carbonyl (C=O) groups excluding carboxylic acids is 1. The van der Waals surface area contributed by atoms with Gasteiger partial charge in [-0.15, -0.1) is 11.8 Å². The normalized spacial score (nSPS) is 23.2. The van der Waals surface area contributed by atoms with Crippen molar-refractivity contribution in [3.8, 4) is 0 Å². The molecule has 1 aromatic carbocycles. The van der Waals surface area contributed by atoms with Crippen molar-refractivity contribution < 1.29 is 35.5 Å². The van der Waals surface area contributed by atoms with Crippen molar-refractivity contribution in [1.29, 1.82) is 0 Å². The monoisotopic (exact) mass is 690 g/mol. The van der Waals surface area contributed by atoms with Crippen molar-refractivity contribution in [2.75, 3.05) is 23.7 Å².